The summed E-state index contributed by atoms with van der Waals surface area (Å²) in [6.45, 7) is 1.77. The molecule has 0 aliphatic heterocycles. The van der Waals surface area contributed by atoms with Crippen LogP contribution in [0.4, 0.5) is 0 Å². The Bertz CT molecular complexity index is 845. The lowest BCUT2D eigenvalue weighted by Crippen LogP contribution is -2.41. The average molecular weight is 352 g/mol. The Labute approximate surface area is 146 Å². The van der Waals surface area contributed by atoms with Gasteiger partial charge in [-0.05, 0) is 53.6 Å². The van der Waals surface area contributed by atoms with E-state index in [4.69, 9.17) is 0 Å². The fourth-order valence-electron chi connectivity index (χ4n) is 2.57. The van der Waals surface area contributed by atoms with Crippen molar-refractivity contribution in [2.45, 2.75) is 12.5 Å². The van der Waals surface area contributed by atoms with Crippen LogP contribution in [0.2, 0.25) is 0 Å². The van der Waals surface area contributed by atoms with Crippen molar-refractivity contribution in [3.05, 3.63) is 83.1 Å². The van der Waals surface area contributed by atoms with Crippen LogP contribution in [-0.4, -0.2) is 0 Å². The number of hydrogen-bond acceptors (Lipinski definition) is 3. The summed E-state index contributed by atoms with van der Waals surface area (Å²) in [4.78, 5) is 0. The molecule has 3 nitrogen and oxygen atoms in total. The van der Waals surface area contributed by atoms with Crippen LogP contribution in [0.15, 0.2) is 77.5 Å². The Morgan fingerprint density at radius 1 is 1.00 bits per heavy atom. The molecule has 24 heavy (non-hydrogen) atoms. The van der Waals surface area contributed by atoms with Crippen LogP contribution >= 0.6 is 18.6 Å². The van der Waals surface area contributed by atoms with E-state index in [0.29, 0.717) is 10.6 Å². The van der Waals surface area contributed by atoms with Crippen LogP contribution < -0.4 is 15.7 Å². The van der Waals surface area contributed by atoms with Gasteiger partial charge in [0.1, 0.15) is 5.54 Å². The van der Waals surface area contributed by atoms with E-state index in [1.54, 1.807) is 6.92 Å². The quantitative estimate of drug-likeness (QED) is 0.706. The summed E-state index contributed by atoms with van der Waals surface area (Å²) < 4.78 is 14.0. The normalized spacial score (nSPS) is 13.8. The van der Waals surface area contributed by atoms with Crippen molar-refractivity contribution in [1.82, 2.24) is 5.09 Å². The van der Waals surface area contributed by atoms with E-state index >= 15 is 0 Å². The molecular weight excluding hydrogens is 335 g/mol. The first-order valence-corrected chi connectivity index (χ1v) is 10.2. The molecule has 5 heteroatoms. The van der Waals surface area contributed by atoms with Gasteiger partial charge < -0.3 is 0 Å². The van der Waals surface area contributed by atoms with Crippen molar-refractivity contribution in [2.24, 2.45) is 0 Å². The topological polar surface area (TPSA) is 52.9 Å². The second-order valence-electron chi connectivity index (χ2n) is 5.64. The third kappa shape index (κ3) is 3.07. The zero-order chi connectivity index (χ0) is 17.0. The third-order valence-corrected chi connectivity index (χ3v) is 7.44. The van der Waals surface area contributed by atoms with Gasteiger partial charge in [-0.3, -0.25) is 4.57 Å². The van der Waals surface area contributed by atoms with E-state index in [-0.39, 0.29) is 0 Å². The van der Waals surface area contributed by atoms with E-state index in [9.17, 15) is 9.83 Å². The van der Waals surface area contributed by atoms with E-state index in [2.05, 4.69) is 11.2 Å². The maximum atomic E-state index is 14.0. The Balaban J connectivity index is 2.14. The molecule has 120 valence electrons. The zero-order valence-corrected chi connectivity index (χ0v) is 14.9. The van der Waals surface area contributed by atoms with E-state index in [1.807, 2.05) is 77.5 Å². The number of rotatable bonds is 5. The minimum absolute atomic E-state index is 0.688. The molecule has 3 rings (SSSR count). The summed E-state index contributed by atoms with van der Waals surface area (Å²) in [6, 6.07) is 22.8. The van der Waals surface area contributed by atoms with Crippen molar-refractivity contribution in [3.8, 4) is 6.07 Å². The van der Waals surface area contributed by atoms with Crippen molar-refractivity contribution in [2.75, 3.05) is 0 Å². The molecule has 0 fully saturated rings. The molecule has 0 saturated carbocycles. The minimum Gasteiger partial charge on any atom is -0.296 e. The molecule has 2 aromatic carbocycles. The Morgan fingerprint density at radius 2 is 1.54 bits per heavy atom. The average Bonchev–Trinajstić information content (AvgIpc) is 3.18. The molecule has 0 bridgehead atoms. The lowest BCUT2D eigenvalue weighted by Gasteiger charge is -2.30. The van der Waals surface area contributed by atoms with E-state index in [1.165, 1.54) is 11.3 Å². The summed E-state index contributed by atoms with van der Waals surface area (Å²) in [5, 5.41) is 18.2. The monoisotopic (exact) mass is 352 g/mol. The standard InChI is InChI=1S/C19H17N2OPS/c1-19(15-20,16-12-13-24-14-16)21-23(22,17-8-4-2-5-9-17)18-10-6-3-7-11-18/h2-14H,1H3,(H,21,22)/t19-/m1/s1. The molecule has 1 N–H and O–H groups in total. The molecular formula is C19H17N2OPS. The van der Waals surface area contributed by atoms with Gasteiger partial charge in [0.25, 0.3) is 0 Å². The fraction of sp³-hybridized carbons (Fsp3) is 0.105. The molecule has 0 unspecified atom stereocenters. The van der Waals surface area contributed by atoms with Gasteiger partial charge in [0.2, 0.25) is 7.29 Å². The van der Waals surface area contributed by atoms with Gasteiger partial charge in [-0.15, -0.1) is 0 Å². The summed E-state index contributed by atoms with van der Waals surface area (Å²) in [5.74, 6) is 0. The molecule has 3 aromatic rings. The second-order valence-corrected chi connectivity index (χ2v) is 8.90. The first-order chi connectivity index (χ1) is 11.6. The zero-order valence-electron chi connectivity index (χ0n) is 13.2. The van der Waals surface area contributed by atoms with Crippen molar-refractivity contribution in [1.29, 1.82) is 5.26 Å². The number of hydrogen-bond donors (Lipinski definition) is 1. The van der Waals surface area contributed by atoms with Crippen molar-refractivity contribution < 1.29 is 4.57 Å². The predicted octanol–water partition coefficient (Wildman–Crippen LogP) is 4.01. The van der Waals surface area contributed by atoms with Gasteiger partial charge in [0.05, 0.1) is 6.07 Å². The second kappa shape index (κ2) is 6.75. The first-order valence-electron chi connectivity index (χ1n) is 7.53. The highest BCUT2D eigenvalue weighted by Crippen LogP contribution is 2.43. The van der Waals surface area contributed by atoms with Gasteiger partial charge in [0, 0.05) is 10.6 Å². The molecule has 1 atom stereocenters. The van der Waals surface area contributed by atoms with Crippen LogP contribution in [0.25, 0.3) is 0 Å². The maximum Gasteiger partial charge on any atom is 0.206 e. The van der Waals surface area contributed by atoms with Gasteiger partial charge >= 0.3 is 0 Å². The molecule has 0 aliphatic rings. The van der Waals surface area contributed by atoms with Gasteiger partial charge in [-0.1, -0.05) is 36.4 Å². The van der Waals surface area contributed by atoms with E-state index < -0.39 is 12.8 Å². The van der Waals surface area contributed by atoms with Gasteiger partial charge in [-0.25, -0.2) is 5.09 Å². The molecule has 1 aromatic heterocycles. The number of nitriles is 1. The Morgan fingerprint density at radius 3 is 1.96 bits per heavy atom. The molecule has 0 saturated heterocycles. The van der Waals surface area contributed by atoms with Crippen LogP contribution in [-0.2, 0) is 10.1 Å². The summed E-state index contributed by atoms with van der Waals surface area (Å²) >= 11 is 1.52. The predicted molar refractivity (Wildman–Crippen MR) is 100 cm³/mol. The SMILES string of the molecule is C[C@](C#N)(NP(=O)(c1ccccc1)c1ccccc1)c1ccsc1. The van der Waals surface area contributed by atoms with Gasteiger partial charge in [-0.2, -0.15) is 16.6 Å². The van der Waals surface area contributed by atoms with Crippen molar-refractivity contribution in [3.63, 3.8) is 0 Å². The number of nitrogens with zero attached hydrogens (tertiary/aromatic N) is 1. The number of thiophene rings is 1. The van der Waals surface area contributed by atoms with Crippen molar-refractivity contribution >= 4 is 29.2 Å². The highest BCUT2D eigenvalue weighted by molar-refractivity contribution is 7.77. The largest absolute Gasteiger partial charge is 0.296 e. The Hall–Kier alpha value is -2.18. The molecule has 0 amide bonds. The first kappa shape index (κ1) is 16.7. The number of benzene rings is 2. The molecule has 1 heterocycles. The van der Waals surface area contributed by atoms with Gasteiger partial charge in [0.15, 0.2) is 0 Å². The maximum absolute atomic E-state index is 14.0. The highest BCUT2D eigenvalue weighted by atomic mass is 32.1. The van der Waals surface area contributed by atoms with Crippen LogP contribution in [0.1, 0.15) is 12.5 Å². The van der Waals surface area contributed by atoms with Crippen LogP contribution in [0, 0.1) is 11.3 Å². The molecule has 0 radical (unpaired) electrons. The Kier molecular flexibility index (Phi) is 4.69. The number of nitrogens with one attached hydrogen (secondary N) is 1. The smallest absolute Gasteiger partial charge is 0.206 e. The summed E-state index contributed by atoms with van der Waals surface area (Å²) in [5.41, 5.74) is -0.219. The highest BCUT2D eigenvalue weighted by Gasteiger charge is 2.37. The summed E-state index contributed by atoms with van der Waals surface area (Å²) in [7, 11) is -3.17. The van der Waals surface area contributed by atoms with E-state index in [0.717, 1.165) is 5.56 Å². The lowest BCUT2D eigenvalue weighted by molar-refractivity contribution is 0.533. The molecule has 0 aliphatic carbocycles. The minimum atomic E-state index is -3.17. The third-order valence-electron chi connectivity index (χ3n) is 3.94. The lowest BCUT2D eigenvalue weighted by atomic mass is 9.99. The molecule has 0 spiro atoms. The van der Waals surface area contributed by atoms with Crippen LogP contribution in [0.3, 0.4) is 0 Å². The fourth-order valence-corrected chi connectivity index (χ4v) is 5.89. The van der Waals surface area contributed by atoms with Crippen LogP contribution in [0.5, 0.6) is 0 Å². The summed E-state index contributed by atoms with van der Waals surface area (Å²) in [6.07, 6.45) is 0.